The number of benzene rings is 2. The van der Waals surface area contributed by atoms with Crippen LogP contribution in [0.2, 0.25) is 0 Å². The molecule has 0 aliphatic carbocycles. The van der Waals surface area contributed by atoms with E-state index in [0.29, 0.717) is 16.2 Å². The molecule has 0 amide bonds. The summed E-state index contributed by atoms with van der Waals surface area (Å²) in [5.74, 6) is -0.112. The van der Waals surface area contributed by atoms with Gasteiger partial charge in [0.2, 0.25) is 5.70 Å². The Bertz CT molecular complexity index is 963. The molecule has 0 radical (unpaired) electrons. The van der Waals surface area contributed by atoms with Gasteiger partial charge >= 0.3 is 0 Å². The van der Waals surface area contributed by atoms with Crippen molar-refractivity contribution in [1.29, 1.82) is 0 Å². The lowest BCUT2D eigenvalue weighted by atomic mass is 10.1. The summed E-state index contributed by atoms with van der Waals surface area (Å²) in [6.45, 7) is 4.11. The van der Waals surface area contributed by atoms with Crippen molar-refractivity contribution in [3.63, 3.8) is 0 Å². The molecule has 0 aliphatic heterocycles. The van der Waals surface area contributed by atoms with Crippen LogP contribution in [0.5, 0.6) is 0 Å². The van der Waals surface area contributed by atoms with Gasteiger partial charge in [0.1, 0.15) is 0 Å². The first kappa shape index (κ1) is 18.8. The number of hydrogen-bond donors (Lipinski definition) is 1. The van der Waals surface area contributed by atoms with Crippen LogP contribution in [0.4, 0.5) is 5.69 Å². The quantitative estimate of drug-likeness (QED) is 0.318. The van der Waals surface area contributed by atoms with E-state index in [1.54, 1.807) is 4.57 Å². The van der Waals surface area contributed by atoms with Gasteiger partial charge in [0, 0.05) is 17.8 Å². The summed E-state index contributed by atoms with van der Waals surface area (Å²) in [5.41, 5.74) is 4.23. The van der Waals surface area contributed by atoms with Crippen LogP contribution in [0, 0.1) is 6.92 Å². The van der Waals surface area contributed by atoms with Gasteiger partial charge in [-0.05, 0) is 47.9 Å². The molecule has 0 bridgehead atoms. The van der Waals surface area contributed by atoms with Crippen molar-refractivity contribution >= 4 is 34.3 Å². The molecule has 27 heavy (non-hydrogen) atoms. The maximum atomic E-state index is 13.3. The number of nitrogens with zero attached hydrogens (tertiary/aromatic N) is 1. The molecule has 0 atom stereocenters. The molecule has 0 fully saturated rings. The fraction of sp³-hybridized carbons (Fsp3) is 0.130. The number of aromatic nitrogens is 1. The Kier molecular flexibility index (Phi) is 5.99. The number of rotatable bonds is 5. The second kappa shape index (κ2) is 8.60. The van der Waals surface area contributed by atoms with E-state index in [2.05, 4.69) is 12.2 Å². The third-order valence-electron chi connectivity index (χ3n) is 4.30. The monoisotopic (exact) mass is 374 g/mol. The average Bonchev–Trinajstić information content (AvgIpc) is 2.69. The molecule has 0 saturated carbocycles. The van der Waals surface area contributed by atoms with Gasteiger partial charge in [-0.3, -0.25) is 0 Å². The smallest absolute Gasteiger partial charge is 0.238 e. The van der Waals surface area contributed by atoms with Gasteiger partial charge in [-0.1, -0.05) is 61.6 Å². The predicted molar refractivity (Wildman–Crippen MR) is 113 cm³/mol. The molecule has 3 nitrogen and oxygen atoms in total. The molecule has 0 saturated heterocycles. The highest BCUT2D eigenvalue weighted by Gasteiger charge is 2.18. The molecule has 3 rings (SSSR count). The number of hydrogen-bond acceptors (Lipinski definition) is 2. The summed E-state index contributed by atoms with van der Waals surface area (Å²) in [5, 5.41) is 16.5. The van der Waals surface area contributed by atoms with Crippen molar-refractivity contribution < 1.29 is 9.67 Å². The highest BCUT2D eigenvalue weighted by Crippen LogP contribution is 2.18. The number of nitrogens with one attached hydrogen (secondary N) is 1. The molecule has 0 aliphatic rings. The molecule has 4 heteroatoms. The van der Waals surface area contributed by atoms with Crippen molar-refractivity contribution in [1.82, 2.24) is 0 Å². The van der Waals surface area contributed by atoms with Gasteiger partial charge in [0.15, 0.2) is 17.4 Å². The molecule has 2 aromatic carbocycles. The fourth-order valence-corrected chi connectivity index (χ4v) is 3.14. The zero-order chi connectivity index (χ0) is 19.2. The minimum absolute atomic E-state index is 0.112. The maximum absolute atomic E-state index is 13.3. The van der Waals surface area contributed by atoms with Crippen LogP contribution in [-0.2, 0) is 6.42 Å². The molecule has 0 unspecified atom stereocenters. The Balaban J connectivity index is 2.03. The second-order valence-corrected chi connectivity index (χ2v) is 6.74. The molecule has 1 N–H and O–H groups in total. The number of thiocarbonyl (C=S) groups is 1. The molecule has 1 heterocycles. The zero-order valence-corrected chi connectivity index (χ0v) is 16.3. The van der Waals surface area contributed by atoms with Crippen molar-refractivity contribution in [2.45, 2.75) is 20.3 Å². The van der Waals surface area contributed by atoms with E-state index in [1.165, 1.54) is 5.56 Å². The lowest BCUT2D eigenvalue weighted by molar-refractivity contribution is -0.577. The van der Waals surface area contributed by atoms with Crippen LogP contribution >= 0.6 is 12.2 Å². The molecule has 136 valence electrons. The Labute approximate surface area is 165 Å². The van der Waals surface area contributed by atoms with Crippen LogP contribution < -0.4 is 15.0 Å². The minimum atomic E-state index is -0.112. The maximum Gasteiger partial charge on any atom is 0.238 e. The molecule has 3 aromatic rings. The first-order chi connectivity index (χ1) is 13.1. The number of anilines is 1. The zero-order valence-electron chi connectivity index (χ0n) is 15.5. The summed E-state index contributed by atoms with van der Waals surface area (Å²) in [7, 11) is 0. The van der Waals surface area contributed by atoms with E-state index in [-0.39, 0.29) is 5.76 Å². The van der Waals surface area contributed by atoms with Crippen molar-refractivity contribution in [3.8, 4) is 0 Å². The number of pyridine rings is 1. The molecule has 1 aromatic heterocycles. The largest absolute Gasteiger partial charge is 0.867 e. The summed E-state index contributed by atoms with van der Waals surface area (Å²) in [6.07, 6.45) is 4.60. The van der Waals surface area contributed by atoms with Gasteiger partial charge in [0.05, 0.1) is 0 Å². The third-order valence-corrected chi connectivity index (χ3v) is 4.60. The van der Waals surface area contributed by atoms with Gasteiger partial charge < -0.3 is 10.4 Å². The van der Waals surface area contributed by atoms with Crippen LogP contribution in [0.1, 0.15) is 23.6 Å². The predicted octanol–water partition coefficient (Wildman–Crippen LogP) is 3.97. The van der Waals surface area contributed by atoms with E-state index in [1.807, 2.05) is 86.0 Å². The van der Waals surface area contributed by atoms with Crippen molar-refractivity contribution in [2.24, 2.45) is 0 Å². The van der Waals surface area contributed by atoms with Crippen molar-refractivity contribution in [2.75, 3.05) is 5.32 Å². The van der Waals surface area contributed by atoms with Crippen molar-refractivity contribution in [3.05, 3.63) is 95.8 Å². The summed E-state index contributed by atoms with van der Waals surface area (Å²) >= 11 is 5.62. The van der Waals surface area contributed by atoms with Crippen LogP contribution in [0.25, 0.3) is 11.5 Å². The van der Waals surface area contributed by atoms with E-state index < -0.39 is 0 Å². The third kappa shape index (κ3) is 4.60. The Morgan fingerprint density at radius 3 is 2.33 bits per heavy atom. The fourth-order valence-electron chi connectivity index (χ4n) is 2.83. The summed E-state index contributed by atoms with van der Waals surface area (Å²) in [4.78, 5) is 0.390. The molecular formula is C23H22N2OS. The van der Waals surface area contributed by atoms with Gasteiger partial charge in [-0.25, -0.2) is 0 Å². The SMILES string of the molecule is CCc1ccc(C([O-])=C(C(=S)Nc2cccc(C)c2)[n+]2ccccc2)cc1. The van der Waals surface area contributed by atoms with E-state index >= 15 is 0 Å². The Morgan fingerprint density at radius 2 is 1.70 bits per heavy atom. The van der Waals surface area contributed by atoms with Crippen LogP contribution in [0.3, 0.4) is 0 Å². The van der Waals surface area contributed by atoms with Crippen LogP contribution in [-0.4, -0.2) is 4.99 Å². The summed E-state index contributed by atoms with van der Waals surface area (Å²) < 4.78 is 1.77. The van der Waals surface area contributed by atoms with E-state index in [9.17, 15) is 5.11 Å². The van der Waals surface area contributed by atoms with Gasteiger partial charge in [0.25, 0.3) is 0 Å². The summed E-state index contributed by atoms with van der Waals surface area (Å²) in [6, 6.07) is 21.3. The molecule has 0 spiro atoms. The minimum Gasteiger partial charge on any atom is -0.867 e. The lowest BCUT2D eigenvalue weighted by Crippen LogP contribution is -2.39. The Hall–Kier alpha value is -2.98. The van der Waals surface area contributed by atoms with Gasteiger partial charge in [-0.2, -0.15) is 4.57 Å². The lowest BCUT2D eigenvalue weighted by Gasteiger charge is -2.17. The average molecular weight is 375 g/mol. The second-order valence-electron chi connectivity index (χ2n) is 6.33. The standard InChI is InChI=1S/C23H22N2OS/c1-3-18-10-12-19(13-11-18)22(26)21(25-14-5-4-6-15-25)23(27)24-20-9-7-8-17(2)16-20/h4-16H,3H2,1-2H3,(H-,24,26,27). The Morgan fingerprint density at radius 1 is 1.00 bits per heavy atom. The number of aryl methyl sites for hydroxylation is 2. The van der Waals surface area contributed by atoms with Gasteiger partial charge in [-0.15, -0.1) is 0 Å². The van der Waals surface area contributed by atoms with E-state index in [0.717, 1.165) is 17.7 Å². The van der Waals surface area contributed by atoms with E-state index in [4.69, 9.17) is 12.2 Å². The van der Waals surface area contributed by atoms with Crippen LogP contribution in [0.15, 0.2) is 79.1 Å². The topological polar surface area (TPSA) is 39.0 Å². The first-order valence-electron chi connectivity index (χ1n) is 8.93. The highest BCUT2D eigenvalue weighted by atomic mass is 32.1. The molecular weight excluding hydrogens is 352 g/mol. The first-order valence-corrected chi connectivity index (χ1v) is 9.34. The normalized spacial score (nSPS) is 11.6. The highest BCUT2D eigenvalue weighted by molar-refractivity contribution is 7.81.